The molecule has 0 spiro atoms. The quantitative estimate of drug-likeness (QED) is 0.285. The monoisotopic (exact) mass is 189 g/mol. The Labute approximate surface area is 105 Å². The normalized spacial score (nSPS) is 13.6. The van der Waals surface area contributed by atoms with Crippen molar-refractivity contribution in [2.75, 3.05) is 0 Å². The SMILES string of the molecule is CC(=CS(=O)[O-])C(=O)O.[H-].[K+]. The summed E-state index contributed by atoms with van der Waals surface area (Å²) >= 11 is -2.41. The maximum absolute atomic E-state index is 9.89. The molecule has 0 rings (SSSR count). The van der Waals surface area contributed by atoms with Crippen LogP contribution >= 0.6 is 0 Å². The Balaban J connectivity index is -0.000000320. The molecule has 0 aromatic rings. The number of carbonyl (C=O) groups is 1. The molecule has 0 radical (unpaired) electrons. The minimum Gasteiger partial charge on any atom is -1.00 e. The molecular formula is C4H6KO4S-. The van der Waals surface area contributed by atoms with Crippen LogP contribution in [0.1, 0.15) is 8.35 Å². The minimum absolute atomic E-state index is 0. The van der Waals surface area contributed by atoms with E-state index < -0.39 is 17.0 Å². The Hall–Kier alpha value is 0.956. The fraction of sp³-hybridized carbons (Fsp3) is 0.250. The van der Waals surface area contributed by atoms with Crippen LogP contribution in [0.4, 0.5) is 0 Å². The maximum Gasteiger partial charge on any atom is 1.00 e. The Bertz CT molecular complexity index is 181. The first-order valence-corrected chi connectivity index (χ1v) is 3.17. The van der Waals surface area contributed by atoms with Gasteiger partial charge in [0.1, 0.15) is 0 Å². The molecule has 1 unspecified atom stereocenters. The molecule has 1 N–H and O–H groups in total. The van der Waals surface area contributed by atoms with Gasteiger partial charge in [0.15, 0.2) is 0 Å². The second kappa shape index (κ2) is 6.65. The van der Waals surface area contributed by atoms with Gasteiger partial charge in [-0.2, -0.15) is 0 Å². The van der Waals surface area contributed by atoms with Gasteiger partial charge in [0.05, 0.1) is 0 Å². The maximum atomic E-state index is 9.89. The van der Waals surface area contributed by atoms with Gasteiger partial charge in [-0.3, -0.25) is 4.21 Å². The van der Waals surface area contributed by atoms with Crippen molar-refractivity contribution in [3.05, 3.63) is 11.0 Å². The van der Waals surface area contributed by atoms with Gasteiger partial charge in [-0.05, 0) is 23.4 Å². The van der Waals surface area contributed by atoms with Crippen molar-refractivity contribution in [2.45, 2.75) is 6.92 Å². The van der Waals surface area contributed by atoms with Crippen molar-refractivity contribution in [1.29, 1.82) is 0 Å². The predicted molar refractivity (Wildman–Crippen MR) is 31.4 cm³/mol. The molecule has 0 aliphatic carbocycles. The van der Waals surface area contributed by atoms with Crippen LogP contribution in [0.15, 0.2) is 11.0 Å². The van der Waals surface area contributed by atoms with E-state index in [1.54, 1.807) is 0 Å². The molecule has 0 saturated carbocycles. The summed E-state index contributed by atoms with van der Waals surface area (Å²) in [6.45, 7) is 1.21. The van der Waals surface area contributed by atoms with Crippen molar-refractivity contribution in [3.8, 4) is 0 Å². The Morgan fingerprint density at radius 2 is 2.20 bits per heavy atom. The van der Waals surface area contributed by atoms with Gasteiger partial charge < -0.3 is 11.1 Å². The summed E-state index contributed by atoms with van der Waals surface area (Å²) in [5.74, 6) is -1.22. The van der Waals surface area contributed by atoms with E-state index in [0.717, 1.165) is 0 Å². The van der Waals surface area contributed by atoms with Crippen LogP contribution in [0.5, 0.6) is 0 Å². The zero-order chi connectivity index (χ0) is 7.44. The van der Waals surface area contributed by atoms with E-state index in [1.165, 1.54) is 6.92 Å². The summed E-state index contributed by atoms with van der Waals surface area (Å²) in [5.41, 5.74) is -0.191. The van der Waals surface area contributed by atoms with Gasteiger partial charge >= 0.3 is 57.4 Å². The Morgan fingerprint density at radius 3 is 2.30 bits per heavy atom. The van der Waals surface area contributed by atoms with Gasteiger partial charge in [0.2, 0.25) is 0 Å². The first kappa shape index (κ1) is 13.5. The molecule has 0 fully saturated rings. The van der Waals surface area contributed by atoms with Crippen molar-refractivity contribution in [1.82, 2.24) is 0 Å². The van der Waals surface area contributed by atoms with Crippen LogP contribution in [0.25, 0.3) is 0 Å². The van der Waals surface area contributed by atoms with Gasteiger partial charge in [-0.1, -0.05) is 0 Å². The molecule has 0 amide bonds. The van der Waals surface area contributed by atoms with Crippen molar-refractivity contribution in [3.63, 3.8) is 0 Å². The summed E-state index contributed by atoms with van der Waals surface area (Å²) in [4.78, 5) is 9.89. The summed E-state index contributed by atoms with van der Waals surface area (Å²) in [7, 11) is 0. The van der Waals surface area contributed by atoms with E-state index in [2.05, 4.69) is 0 Å². The van der Waals surface area contributed by atoms with E-state index in [4.69, 9.17) is 5.11 Å². The first-order valence-electron chi connectivity index (χ1n) is 2.04. The molecule has 4 nitrogen and oxygen atoms in total. The fourth-order valence-corrected chi connectivity index (χ4v) is 0.584. The van der Waals surface area contributed by atoms with E-state index in [1.807, 2.05) is 0 Å². The van der Waals surface area contributed by atoms with E-state index in [0.29, 0.717) is 5.41 Å². The smallest absolute Gasteiger partial charge is 1.00 e. The number of aliphatic carboxylic acids is 1. The average molecular weight is 189 g/mol. The molecule has 0 aliphatic rings. The molecule has 0 saturated heterocycles. The molecule has 1 atom stereocenters. The molecule has 54 valence electrons. The van der Waals surface area contributed by atoms with Crippen LogP contribution in [0.3, 0.4) is 0 Å². The zero-order valence-electron chi connectivity index (χ0n) is 6.66. The summed E-state index contributed by atoms with van der Waals surface area (Å²) in [6, 6.07) is 0. The Morgan fingerprint density at radius 1 is 1.80 bits per heavy atom. The van der Waals surface area contributed by atoms with Crippen LogP contribution < -0.4 is 51.4 Å². The number of hydrogen-bond acceptors (Lipinski definition) is 3. The molecule has 0 aromatic carbocycles. The summed E-state index contributed by atoms with van der Waals surface area (Å²) < 4.78 is 19.5. The third-order valence-electron chi connectivity index (χ3n) is 0.610. The van der Waals surface area contributed by atoms with Crippen molar-refractivity contribution >= 4 is 17.0 Å². The molecule has 0 aliphatic heterocycles. The first-order chi connectivity index (χ1) is 4.04. The molecule has 6 heteroatoms. The van der Waals surface area contributed by atoms with Crippen molar-refractivity contribution < 1.29 is 71.5 Å². The van der Waals surface area contributed by atoms with Crippen LogP contribution in [-0.4, -0.2) is 19.8 Å². The van der Waals surface area contributed by atoms with Crippen LogP contribution in [0.2, 0.25) is 0 Å². The minimum atomic E-state index is -2.41. The molecule has 0 heterocycles. The predicted octanol–water partition coefficient (Wildman–Crippen LogP) is -3.03. The molecule has 0 bridgehead atoms. The standard InChI is InChI=1S/C4H6O4S.K.H/c1-3(4(5)6)2-9(7)8;;/h2H,1H3,(H,5,6)(H,7,8);;/q;+1;-1/p-1. The van der Waals surface area contributed by atoms with Gasteiger partial charge in [0.25, 0.3) is 0 Å². The molecular weight excluding hydrogens is 183 g/mol. The van der Waals surface area contributed by atoms with E-state index >= 15 is 0 Å². The third-order valence-corrected chi connectivity index (χ3v) is 1.16. The van der Waals surface area contributed by atoms with Gasteiger partial charge in [-0.15, -0.1) is 0 Å². The molecule has 0 aromatic heterocycles. The second-order valence-electron chi connectivity index (χ2n) is 1.37. The average Bonchev–Trinajstić information content (AvgIpc) is 1.63. The summed E-state index contributed by atoms with van der Waals surface area (Å²) in [6.07, 6.45) is 0. The second-order valence-corrected chi connectivity index (χ2v) is 2.12. The van der Waals surface area contributed by atoms with Crippen molar-refractivity contribution in [2.24, 2.45) is 0 Å². The van der Waals surface area contributed by atoms with Crippen LogP contribution in [-0.2, 0) is 15.9 Å². The molecule has 10 heavy (non-hydrogen) atoms. The van der Waals surface area contributed by atoms with Gasteiger partial charge in [0, 0.05) is 5.57 Å². The van der Waals surface area contributed by atoms with Crippen LogP contribution in [0, 0.1) is 0 Å². The zero-order valence-corrected chi connectivity index (χ0v) is 9.60. The van der Waals surface area contributed by atoms with E-state index in [-0.39, 0.29) is 58.4 Å². The summed E-state index contributed by atoms with van der Waals surface area (Å²) in [5, 5.41) is 8.73. The third kappa shape index (κ3) is 7.07. The number of hydrogen-bond donors (Lipinski definition) is 1. The van der Waals surface area contributed by atoms with E-state index in [9.17, 15) is 13.6 Å². The number of carboxylic acid groups (broad SMARTS) is 1. The Kier molecular flexibility index (Phi) is 9.01. The number of rotatable bonds is 2. The fourth-order valence-electron chi connectivity index (χ4n) is 0.195. The van der Waals surface area contributed by atoms with Gasteiger partial charge in [-0.25, -0.2) is 4.79 Å². The largest absolute Gasteiger partial charge is 1.00 e. The number of carboxylic acids is 1. The topological polar surface area (TPSA) is 77.4 Å².